The van der Waals surface area contributed by atoms with E-state index in [0.717, 1.165) is 23.0 Å². The third-order valence-electron chi connectivity index (χ3n) is 5.29. The van der Waals surface area contributed by atoms with Crippen LogP contribution in [-0.4, -0.2) is 5.71 Å². The number of fused-ring (bicyclic) bond motifs is 4. The van der Waals surface area contributed by atoms with Crippen molar-refractivity contribution in [3.8, 4) is 0 Å². The Morgan fingerprint density at radius 3 is 2.54 bits per heavy atom. The second kappa shape index (κ2) is 6.71. The summed E-state index contributed by atoms with van der Waals surface area (Å²) in [6.45, 7) is 0. The van der Waals surface area contributed by atoms with Crippen molar-refractivity contribution < 1.29 is 0 Å². The average Bonchev–Trinajstić information content (AvgIpc) is 2.85. The number of aliphatic imine (C=N–C) groups is 1. The highest BCUT2D eigenvalue weighted by atomic mass is 79.9. The Morgan fingerprint density at radius 1 is 0.885 bits per heavy atom. The van der Waals surface area contributed by atoms with Crippen LogP contribution >= 0.6 is 27.7 Å². The summed E-state index contributed by atoms with van der Waals surface area (Å²) in [5.74, 6) is 0.434. The molecular formula is C23H18BrNS. The minimum atomic E-state index is 0.388. The first-order valence-electron chi connectivity index (χ1n) is 8.97. The molecule has 3 aromatic carbocycles. The van der Waals surface area contributed by atoms with Gasteiger partial charge < -0.3 is 0 Å². The Morgan fingerprint density at radius 2 is 1.65 bits per heavy atom. The molecule has 1 heterocycles. The highest BCUT2D eigenvalue weighted by molar-refractivity contribution is 9.10. The van der Waals surface area contributed by atoms with E-state index in [9.17, 15) is 0 Å². The third-order valence-corrected chi connectivity index (χ3v) is 7.28. The van der Waals surface area contributed by atoms with Crippen LogP contribution in [0.25, 0.3) is 0 Å². The Hall–Kier alpha value is -1.84. The summed E-state index contributed by atoms with van der Waals surface area (Å²) in [6.07, 6.45) is 2.28. The zero-order chi connectivity index (χ0) is 17.5. The maximum atomic E-state index is 5.18. The lowest BCUT2D eigenvalue weighted by Gasteiger charge is -2.31. The van der Waals surface area contributed by atoms with Crippen molar-refractivity contribution in [2.75, 3.05) is 0 Å². The van der Waals surface area contributed by atoms with E-state index in [0.29, 0.717) is 11.2 Å². The molecule has 0 fully saturated rings. The quantitative estimate of drug-likeness (QED) is 0.414. The standard InChI is InChI=1S/C23H18BrNS/c24-17-12-9-16(10-13-17)23-19-14-11-15-5-1-2-6-18(15)22(19)25-20-7-3-4-8-21(20)26-23/h1-10,12-13,19,23H,11,14H2/t19-,23-/m1/s1. The zero-order valence-electron chi connectivity index (χ0n) is 14.2. The third kappa shape index (κ3) is 2.83. The van der Waals surface area contributed by atoms with Crippen molar-refractivity contribution >= 4 is 39.1 Å². The maximum Gasteiger partial charge on any atom is 0.0769 e. The topological polar surface area (TPSA) is 12.4 Å². The van der Waals surface area contributed by atoms with Gasteiger partial charge in [0.25, 0.3) is 0 Å². The first-order valence-corrected chi connectivity index (χ1v) is 10.6. The molecule has 2 atom stereocenters. The van der Waals surface area contributed by atoms with Crippen LogP contribution in [0.1, 0.15) is 28.4 Å². The van der Waals surface area contributed by atoms with E-state index < -0.39 is 0 Å². The molecule has 0 bridgehead atoms. The number of hydrogen-bond acceptors (Lipinski definition) is 2. The molecule has 128 valence electrons. The van der Waals surface area contributed by atoms with Crippen LogP contribution in [0, 0.1) is 5.92 Å². The number of hydrogen-bond donors (Lipinski definition) is 0. The van der Waals surface area contributed by atoms with Crippen LogP contribution in [-0.2, 0) is 6.42 Å². The lowest BCUT2D eigenvalue weighted by atomic mass is 9.78. The van der Waals surface area contributed by atoms with E-state index in [2.05, 4.69) is 88.7 Å². The van der Waals surface area contributed by atoms with Gasteiger partial charge in [-0.3, -0.25) is 4.99 Å². The van der Waals surface area contributed by atoms with Gasteiger partial charge in [-0.05, 0) is 53.8 Å². The van der Waals surface area contributed by atoms with E-state index >= 15 is 0 Å². The second-order valence-electron chi connectivity index (χ2n) is 6.86. The first kappa shape index (κ1) is 16.3. The zero-order valence-corrected chi connectivity index (χ0v) is 16.6. The molecule has 1 aliphatic carbocycles. The van der Waals surface area contributed by atoms with Gasteiger partial charge in [0.1, 0.15) is 0 Å². The van der Waals surface area contributed by atoms with E-state index in [-0.39, 0.29) is 0 Å². The molecule has 26 heavy (non-hydrogen) atoms. The minimum absolute atomic E-state index is 0.388. The van der Waals surface area contributed by atoms with Crippen LogP contribution in [0.5, 0.6) is 0 Å². The SMILES string of the molecule is Brc1ccc([C@H]2Sc3ccccc3N=C3c4ccccc4CC[C@H]32)cc1. The molecule has 0 spiro atoms. The lowest BCUT2D eigenvalue weighted by molar-refractivity contribution is 0.597. The Labute approximate surface area is 166 Å². The van der Waals surface area contributed by atoms with Gasteiger partial charge in [0.15, 0.2) is 0 Å². The van der Waals surface area contributed by atoms with Gasteiger partial charge in [-0.15, -0.1) is 11.8 Å². The van der Waals surface area contributed by atoms with Crippen LogP contribution in [0.4, 0.5) is 5.69 Å². The van der Waals surface area contributed by atoms with Gasteiger partial charge in [-0.2, -0.15) is 0 Å². The van der Waals surface area contributed by atoms with Crippen LogP contribution in [0.3, 0.4) is 0 Å². The highest BCUT2D eigenvalue weighted by Crippen LogP contribution is 2.51. The van der Waals surface area contributed by atoms with Crippen LogP contribution < -0.4 is 0 Å². The smallest absolute Gasteiger partial charge is 0.0769 e. The molecule has 2 aliphatic rings. The number of nitrogens with zero attached hydrogens (tertiary/aromatic N) is 1. The molecular weight excluding hydrogens is 402 g/mol. The number of benzene rings is 3. The predicted octanol–water partition coefficient (Wildman–Crippen LogP) is 6.98. The monoisotopic (exact) mass is 419 g/mol. The van der Waals surface area contributed by atoms with Crippen molar-refractivity contribution in [3.63, 3.8) is 0 Å². The first-order chi connectivity index (χ1) is 12.8. The van der Waals surface area contributed by atoms with E-state index in [1.165, 1.54) is 27.3 Å². The second-order valence-corrected chi connectivity index (χ2v) is 8.96. The van der Waals surface area contributed by atoms with Gasteiger partial charge in [0.2, 0.25) is 0 Å². The predicted molar refractivity (Wildman–Crippen MR) is 114 cm³/mol. The van der Waals surface area contributed by atoms with Crippen molar-refractivity contribution in [1.82, 2.24) is 0 Å². The van der Waals surface area contributed by atoms with Crippen LogP contribution in [0.15, 0.2) is 87.2 Å². The van der Waals surface area contributed by atoms with Gasteiger partial charge in [-0.25, -0.2) is 0 Å². The molecule has 0 amide bonds. The molecule has 0 radical (unpaired) electrons. The molecule has 3 heteroatoms. The average molecular weight is 420 g/mol. The fraction of sp³-hybridized carbons (Fsp3) is 0.174. The molecule has 0 unspecified atom stereocenters. The summed E-state index contributed by atoms with van der Waals surface area (Å²) in [5, 5.41) is 0.388. The molecule has 3 aromatic rings. The molecule has 1 nitrogen and oxygen atoms in total. The Balaban J connectivity index is 1.70. The maximum absolute atomic E-state index is 5.18. The summed E-state index contributed by atoms with van der Waals surface area (Å²) in [5.41, 5.74) is 6.52. The number of rotatable bonds is 1. The Bertz CT molecular complexity index is 993. The summed E-state index contributed by atoms with van der Waals surface area (Å²) < 4.78 is 1.13. The number of aryl methyl sites for hydroxylation is 1. The summed E-state index contributed by atoms with van der Waals surface area (Å²) in [7, 11) is 0. The Kier molecular flexibility index (Phi) is 4.22. The van der Waals surface area contributed by atoms with Gasteiger partial charge >= 0.3 is 0 Å². The fourth-order valence-corrected chi connectivity index (χ4v) is 5.68. The number of halogens is 1. The fourth-order valence-electron chi connectivity index (χ4n) is 4.02. The summed E-state index contributed by atoms with van der Waals surface area (Å²) in [6, 6.07) is 26.2. The van der Waals surface area contributed by atoms with Gasteiger partial charge in [-0.1, -0.05) is 64.5 Å². The van der Waals surface area contributed by atoms with E-state index in [1.54, 1.807) is 0 Å². The number of thioether (sulfide) groups is 1. The molecule has 5 rings (SSSR count). The van der Waals surface area contributed by atoms with Crippen molar-refractivity contribution in [2.45, 2.75) is 23.0 Å². The molecule has 0 aromatic heterocycles. The highest BCUT2D eigenvalue weighted by Gasteiger charge is 2.35. The van der Waals surface area contributed by atoms with Crippen LogP contribution in [0.2, 0.25) is 0 Å². The number of para-hydroxylation sites is 1. The van der Waals surface area contributed by atoms with Crippen molar-refractivity contribution in [1.29, 1.82) is 0 Å². The molecule has 0 N–H and O–H groups in total. The lowest BCUT2D eigenvalue weighted by Crippen LogP contribution is -2.27. The molecule has 0 saturated heterocycles. The van der Waals surface area contributed by atoms with Crippen molar-refractivity contribution in [2.24, 2.45) is 10.9 Å². The molecule has 0 saturated carbocycles. The van der Waals surface area contributed by atoms with Gasteiger partial charge in [0.05, 0.1) is 11.4 Å². The van der Waals surface area contributed by atoms with Crippen molar-refractivity contribution in [3.05, 3.63) is 94.0 Å². The van der Waals surface area contributed by atoms with E-state index in [4.69, 9.17) is 4.99 Å². The van der Waals surface area contributed by atoms with E-state index in [1.807, 2.05) is 11.8 Å². The summed E-state index contributed by atoms with van der Waals surface area (Å²) >= 11 is 5.54. The largest absolute Gasteiger partial charge is 0.251 e. The summed E-state index contributed by atoms with van der Waals surface area (Å²) in [4.78, 5) is 6.46. The normalized spacial score (nSPS) is 21.0. The van der Waals surface area contributed by atoms with Gasteiger partial charge in [0, 0.05) is 20.5 Å². The molecule has 1 aliphatic heterocycles. The minimum Gasteiger partial charge on any atom is -0.251 e.